The molecule has 1 aromatic rings. The average Bonchev–Trinajstić information content (AvgIpc) is 3.05. The standard InChI is InChI=1S/C19H29N3O3/c1-14-12-22(13-19(2,3)25-14)18(23)21-11-15-7-6-10-20-17(15)24-16-8-4-5-9-16/h6-7,10,14,16H,4-5,8-9,11-13H2,1-3H3,(H,21,23)/t14-/m1/s1. The van der Waals surface area contributed by atoms with Crippen LogP contribution in [-0.4, -0.2) is 46.8 Å². The minimum absolute atomic E-state index is 0.0363. The van der Waals surface area contributed by atoms with Crippen molar-refractivity contribution in [2.75, 3.05) is 13.1 Å². The molecule has 1 saturated heterocycles. The maximum Gasteiger partial charge on any atom is 0.317 e. The summed E-state index contributed by atoms with van der Waals surface area (Å²) in [6.07, 6.45) is 6.64. The fourth-order valence-electron chi connectivity index (χ4n) is 3.72. The zero-order valence-corrected chi connectivity index (χ0v) is 15.5. The molecular formula is C19H29N3O3. The Morgan fingerprint density at radius 1 is 1.44 bits per heavy atom. The lowest BCUT2D eigenvalue weighted by atomic mass is 10.1. The Bertz CT molecular complexity index is 599. The number of hydrogen-bond acceptors (Lipinski definition) is 4. The number of urea groups is 1. The largest absolute Gasteiger partial charge is 0.474 e. The maximum atomic E-state index is 12.6. The van der Waals surface area contributed by atoms with Crippen molar-refractivity contribution in [1.82, 2.24) is 15.2 Å². The van der Waals surface area contributed by atoms with Crippen molar-refractivity contribution in [3.05, 3.63) is 23.9 Å². The van der Waals surface area contributed by atoms with Crippen LogP contribution in [0.4, 0.5) is 4.79 Å². The number of aromatic nitrogens is 1. The predicted molar refractivity (Wildman–Crippen MR) is 95.6 cm³/mol. The lowest BCUT2D eigenvalue weighted by molar-refractivity contribution is -0.117. The molecule has 2 fully saturated rings. The smallest absolute Gasteiger partial charge is 0.317 e. The van der Waals surface area contributed by atoms with E-state index in [2.05, 4.69) is 10.3 Å². The normalized spacial score (nSPS) is 23.5. The zero-order chi connectivity index (χ0) is 17.9. The molecule has 3 rings (SSSR count). The first kappa shape index (κ1) is 18.0. The molecule has 138 valence electrons. The average molecular weight is 347 g/mol. The van der Waals surface area contributed by atoms with Crippen LogP contribution in [0.1, 0.15) is 52.0 Å². The molecule has 1 N–H and O–H groups in total. The van der Waals surface area contributed by atoms with Crippen LogP contribution in [0.15, 0.2) is 18.3 Å². The van der Waals surface area contributed by atoms with E-state index in [4.69, 9.17) is 9.47 Å². The third-order valence-electron chi connectivity index (χ3n) is 4.72. The molecule has 1 aliphatic heterocycles. The Hall–Kier alpha value is -1.82. The lowest BCUT2D eigenvalue weighted by Gasteiger charge is -2.41. The highest BCUT2D eigenvalue weighted by Crippen LogP contribution is 2.25. The molecule has 6 heteroatoms. The van der Waals surface area contributed by atoms with Gasteiger partial charge in [0.05, 0.1) is 18.2 Å². The molecule has 25 heavy (non-hydrogen) atoms. The number of ether oxygens (including phenoxy) is 2. The highest BCUT2D eigenvalue weighted by molar-refractivity contribution is 5.74. The highest BCUT2D eigenvalue weighted by Gasteiger charge is 2.33. The van der Waals surface area contributed by atoms with Crippen LogP contribution in [0, 0.1) is 0 Å². The van der Waals surface area contributed by atoms with Gasteiger partial charge < -0.3 is 19.7 Å². The van der Waals surface area contributed by atoms with E-state index in [0.29, 0.717) is 25.5 Å². The molecule has 1 aliphatic carbocycles. The van der Waals surface area contributed by atoms with Crippen LogP contribution in [-0.2, 0) is 11.3 Å². The van der Waals surface area contributed by atoms with Crippen molar-refractivity contribution < 1.29 is 14.3 Å². The molecule has 0 spiro atoms. The van der Waals surface area contributed by atoms with Gasteiger partial charge in [-0.1, -0.05) is 6.07 Å². The van der Waals surface area contributed by atoms with Crippen LogP contribution in [0.25, 0.3) is 0 Å². The van der Waals surface area contributed by atoms with Crippen molar-refractivity contribution in [2.45, 2.75) is 70.8 Å². The summed E-state index contributed by atoms with van der Waals surface area (Å²) in [4.78, 5) is 18.7. The van der Waals surface area contributed by atoms with Crippen molar-refractivity contribution in [3.8, 4) is 5.88 Å². The van der Waals surface area contributed by atoms with Gasteiger partial charge in [0.1, 0.15) is 6.10 Å². The van der Waals surface area contributed by atoms with E-state index < -0.39 is 0 Å². The quantitative estimate of drug-likeness (QED) is 0.909. The van der Waals surface area contributed by atoms with E-state index in [1.807, 2.05) is 37.8 Å². The van der Waals surface area contributed by atoms with Gasteiger partial charge in [0.2, 0.25) is 5.88 Å². The third kappa shape index (κ3) is 4.84. The van der Waals surface area contributed by atoms with Crippen LogP contribution in [0.2, 0.25) is 0 Å². The molecule has 0 aromatic carbocycles. The van der Waals surface area contributed by atoms with Gasteiger partial charge in [-0.2, -0.15) is 0 Å². The molecule has 2 heterocycles. The van der Waals surface area contributed by atoms with E-state index in [1.165, 1.54) is 12.8 Å². The van der Waals surface area contributed by atoms with Gasteiger partial charge in [0.15, 0.2) is 0 Å². The van der Waals surface area contributed by atoms with E-state index in [0.717, 1.165) is 18.4 Å². The molecule has 6 nitrogen and oxygen atoms in total. The Morgan fingerprint density at radius 3 is 2.92 bits per heavy atom. The van der Waals surface area contributed by atoms with Crippen LogP contribution in [0.3, 0.4) is 0 Å². The summed E-state index contributed by atoms with van der Waals surface area (Å²) < 4.78 is 11.9. The van der Waals surface area contributed by atoms with Crippen molar-refractivity contribution in [1.29, 1.82) is 0 Å². The number of hydrogen-bond donors (Lipinski definition) is 1. The number of pyridine rings is 1. The fraction of sp³-hybridized carbons (Fsp3) is 0.684. The van der Waals surface area contributed by atoms with E-state index in [1.54, 1.807) is 6.20 Å². The van der Waals surface area contributed by atoms with Gasteiger partial charge in [-0.25, -0.2) is 9.78 Å². The fourth-order valence-corrected chi connectivity index (χ4v) is 3.72. The van der Waals surface area contributed by atoms with Gasteiger partial charge in [-0.05, 0) is 52.5 Å². The molecule has 1 atom stereocenters. The van der Waals surface area contributed by atoms with Gasteiger partial charge in [-0.3, -0.25) is 0 Å². The van der Waals surface area contributed by atoms with Gasteiger partial charge >= 0.3 is 6.03 Å². The Morgan fingerprint density at radius 2 is 2.20 bits per heavy atom. The van der Waals surface area contributed by atoms with Crippen LogP contribution < -0.4 is 10.1 Å². The summed E-state index contributed by atoms with van der Waals surface area (Å²) in [6.45, 7) is 7.63. The molecule has 2 aliphatic rings. The second-order valence-electron chi connectivity index (χ2n) is 7.72. The predicted octanol–water partition coefficient (Wildman–Crippen LogP) is 3.11. The third-order valence-corrected chi connectivity index (χ3v) is 4.72. The van der Waals surface area contributed by atoms with Gasteiger partial charge in [0.25, 0.3) is 0 Å². The Balaban J connectivity index is 1.58. The Kier molecular flexibility index (Phi) is 5.47. The van der Waals surface area contributed by atoms with Gasteiger partial charge in [0, 0.05) is 24.8 Å². The first-order chi connectivity index (χ1) is 11.9. The summed E-state index contributed by atoms with van der Waals surface area (Å²) in [5, 5.41) is 3.00. The number of carbonyl (C=O) groups is 1. The summed E-state index contributed by atoms with van der Waals surface area (Å²) in [5.74, 6) is 0.644. The highest BCUT2D eigenvalue weighted by atomic mass is 16.5. The summed E-state index contributed by atoms with van der Waals surface area (Å²) in [7, 11) is 0. The summed E-state index contributed by atoms with van der Waals surface area (Å²) >= 11 is 0. The SMILES string of the molecule is C[C@@H]1CN(C(=O)NCc2cccnc2OC2CCCC2)CC(C)(C)O1. The molecule has 1 aromatic heterocycles. The lowest BCUT2D eigenvalue weighted by Crippen LogP contribution is -2.56. The van der Waals surface area contributed by atoms with E-state index in [9.17, 15) is 4.79 Å². The minimum Gasteiger partial charge on any atom is -0.474 e. The molecule has 2 amide bonds. The Labute approximate surface area is 149 Å². The molecule has 1 saturated carbocycles. The van der Waals surface area contributed by atoms with Crippen molar-refractivity contribution in [2.24, 2.45) is 0 Å². The first-order valence-electron chi connectivity index (χ1n) is 9.24. The van der Waals surface area contributed by atoms with E-state index in [-0.39, 0.29) is 23.8 Å². The van der Waals surface area contributed by atoms with Crippen LogP contribution in [0.5, 0.6) is 5.88 Å². The topological polar surface area (TPSA) is 63.7 Å². The first-order valence-corrected chi connectivity index (χ1v) is 9.24. The number of nitrogens with one attached hydrogen (secondary N) is 1. The summed E-state index contributed by atoms with van der Waals surface area (Å²) in [5.41, 5.74) is 0.600. The van der Waals surface area contributed by atoms with E-state index >= 15 is 0 Å². The number of carbonyl (C=O) groups excluding carboxylic acids is 1. The van der Waals surface area contributed by atoms with Gasteiger partial charge in [-0.15, -0.1) is 0 Å². The number of amides is 2. The molecular weight excluding hydrogens is 318 g/mol. The maximum absolute atomic E-state index is 12.6. The number of rotatable bonds is 4. The summed E-state index contributed by atoms with van der Waals surface area (Å²) in [6, 6.07) is 3.77. The monoisotopic (exact) mass is 347 g/mol. The second kappa shape index (κ2) is 7.60. The zero-order valence-electron chi connectivity index (χ0n) is 15.5. The van der Waals surface area contributed by atoms with Crippen LogP contribution >= 0.6 is 0 Å². The molecule has 0 unspecified atom stereocenters. The molecule has 0 bridgehead atoms. The number of morpholine rings is 1. The minimum atomic E-state index is -0.319. The van der Waals surface area contributed by atoms with Crippen molar-refractivity contribution >= 4 is 6.03 Å². The second-order valence-corrected chi connectivity index (χ2v) is 7.72. The van der Waals surface area contributed by atoms with Crippen molar-refractivity contribution in [3.63, 3.8) is 0 Å². The number of nitrogens with zero attached hydrogens (tertiary/aromatic N) is 2. The molecule has 0 radical (unpaired) electrons.